The normalized spacial score (nSPS) is 16.5. The Labute approximate surface area is 131 Å². The molecule has 21 heavy (non-hydrogen) atoms. The number of primary amides is 1. The number of rotatable bonds is 11. The fourth-order valence-corrected chi connectivity index (χ4v) is 2.87. The zero-order chi connectivity index (χ0) is 16.6. The number of carbonyl (C=O) groups excluding carboxylic acids is 1. The third-order valence-corrected chi connectivity index (χ3v) is 3.93. The van der Waals surface area contributed by atoms with Gasteiger partial charge in [0.1, 0.15) is 0 Å². The van der Waals surface area contributed by atoms with Crippen LogP contribution in [-0.2, 0) is 4.79 Å². The summed E-state index contributed by atoms with van der Waals surface area (Å²) >= 11 is 0. The molecule has 0 aromatic rings. The lowest BCUT2D eigenvalue weighted by atomic mass is 9.93. The van der Waals surface area contributed by atoms with Crippen LogP contribution in [0.5, 0.6) is 0 Å². The van der Waals surface area contributed by atoms with Gasteiger partial charge in [-0.3, -0.25) is 9.69 Å². The van der Waals surface area contributed by atoms with Crippen LogP contribution >= 0.6 is 0 Å². The summed E-state index contributed by atoms with van der Waals surface area (Å²) in [7, 11) is 4.20. The highest BCUT2D eigenvalue weighted by molar-refractivity contribution is 5.84. The van der Waals surface area contributed by atoms with Crippen molar-refractivity contribution >= 4 is 5.91 Å². The van der Waals surface area contributed by atoms with E-state index < -0.39 is 5.54 Å². The van der Waals surface area contributed by atoms with Gasteiger partial charge >= 0.3 is 0 Å². The van der Waals surface area contributed by atoms with Crippen LogP contribution in [-0.4, -0.2) is 67.1 Å². The first-order valence-corrected chi connectivity index (χ1v) is 8.08. The average molecular weight is 300 g/mol. The van der Waals surface area contributed by atoms with Gasteiger partial charge in [0.2, 0.25) is 5.91 Å². The number of nitrogens with one attached hydrogen (secondary N) is 1. The Morgan fingerprint density at radius 2 is 1.86 bits per heavy atom. The smallest absolute Gasteiger partial charge is 0.237 e. The molecule has 0 rings (SSSR count). The summed E-state index contributed by atoms with van der Waals surface area (Å²) in [6.45, 7) is 13.5. The van der Waals surface area contributed by atoms with E-state index in [0.717, 1.165) is 32.5 Å². The Hall–Kier alpha value is -0.650. The van der Waals surface area contributed by atoms with E-state index in [1.807, 2.05) is 20.8 Å². The molecule has 3 N–H and O–H groups in total. The Morgan fingerprint density at radius 1 is 1.29 bits per heavy atom. The molecule has 0 spiro atoms. The average Bonchev–Trinajstić information content (AvgIpc) is 2.32. The molecule has 0 saturated heterocycles. The largest absolute Gasteiger partial charge is 0.368 e. The van der Waals surface area contributed by atoms with Gasteiger partial charge in [0.25, 0.3) is 0 Å². The van der Waals surface area contributed by atoms with Crippen LogP contribution < -0.4 is 11.1 Å². The number of carbonyl (C=O) groups is 1. The maximum absolute atomic E-state index is 11.7. The number of hydrogen-bond donors (Lipinski definition) is 2. The van der Waals surface area contributed by atoms with E-state index in [1.54, 1.807) is 0 Å². The lowest BCUT2D eigenvalue weighted by Gasteiger charge is -2.33. The number of likely N-dealkylation sites (N-methyl/N-ethyl adjacent to an activating group) is 2. The summed E-state index contributed by atoms with van der Waals surface area (Å²) in [6, 6.07) is 0.764. The maximum Gasteiger partial charge on any atom is 0.237 e. The second-order valence-corrected chi connectivity index (χ2v) is 6.84. The highest BCUT2D eigenvalue weighted by Crippen LogP contribution is 2.14. The predicted molar refractivity (Wildman–Crippen MR) is 90.4 cm³/mol. The van der Waals surface area contributed by atoms with Crippen LogP contribution in [0.25, 0.3) is 0 Å². The van der Waals surface area contributed by atoms with Gasteiger partial charge in [0, 0.05) is 18.6 Å². The molecule has 0 aliphatic heterocycles. The zero-order valence-corrected chi connectivity index (χ0v) is 15.1. The zero-order valence-electron chi connectivity index (χ0n) is 15.1. The summed E-state index contributed by atoms with van der Waals surface area (Å²) in [5, 5.41) is 3.31. The minimum Gasteiger partial charge on any atom is -0.368 e. The van der Waals surface area contributed by atoms with Crippen molar-refractivity contribution in [2.24, 2.45) is 5.73 Å². The lowest BCUT2D eigenvalue weighted by molar-refractivity contribution is -0.124. The Bertz CT molecular complexity index is 307. The molecule has 5 nitrogen and oxygen atoms in total. The molecular formula is C16H36N4O. The Kier molecular flexibility index (Phi) is 9.09. The molecule has 0 radical (unpaired) electrons. The number of amides is 1. The summed E-state index contributed by atoms with van der Waals surface area (Å²) < 4.78 is 0. The van der Waals surface area contributed by atoms with Crippen molar-refractivity contribution in [2.75, 3.05) is 33.7 Å². The van der Waals surface area contributed by atoms with Gasteiger partial charge in [0.15, 0.2) is 0 Å². The first kappa shape index (κ1) is 20.3. The molecule has 0 heterocycles. The van der Waals surface area contributed by atoms with Gasteiger partial charge < -0.3 is 16.0 Å². The first-order valence-electron chi connectivity index (χ1n) is 8.08. The van der Waals surface area contributed by atoms with E-state index in [4.69, 9.17) is 5.73 Å². The lowest BCUT2D eigenvalue weighted by Crippen LogP contribution is -2.55. The van der Waals surface area contributed by atoms with Crippen LogP contribution in [0.15, 0.2) is 0 Å². The Morgan fingerprint density at radius 3 is 2.24 bits per heavy atom. The van der Waals surface area contributed by atoms with E-state index in [-0.39, 0.29) is 11.9 Å². The van der Waals surface area contributed by atoms with Crippen LogP contribution in [0.3, 0.4) is 0 Å². The van der Waals surface area contributed by atoms with Crippen LogP contribution in [0.2, 0.25) is 0 Å². The molecule has 0 aliphatic rings. The van der Waals surface area contributed by atoms with Gasteiger partial charge in [-0.05, 0) is 67.7 Å². The van der Waals surface area contributed by atoms with Crippen molar-refractivity contribution in [2.45, 2.75) is 65.1 Å². The molecule has 2 unspecified atom stereocenters. The fourth-order valence-electron chi connectivity index (χ4n) is 2.87. The van der Waals surface area contributed by atoms with Crippen molar-refractivity contribution in [3.63, 3.8) is 0 Å². The topological polar surface area (TPSA) is 61.6 Å². The van der Waals surface area contributed by atoms with Crippen molar-refractivity contribution in [1.29, 1.82) is 0 Å². The van der Waals surface area contributed by atoms with E-state index in [9.17, 15) is 4.79 Å². The van der Waals surface area contributed by atoms with Crippen LogP contribution in [0, 0.1) is 0 Å². The third kappa shape index (κ3) is 7.79. The molecule has 0 fully saturated rings. The molecular weight excluding hydrogens is 264 g/mol. The monoisotopic (exact) mass is 300 g/mol. The van der Waals surface area contributed by atoms with E-state index in [0.29, 0.717) is 6.04 Å². The van der Waals surface area contributed by atoms with Gasteiger partial charge in [-0.25, -0.2) is 0 Å². The van der Waals surface area contributed by atoms with Crippen molar-refractivity contribution in [3.8, 4) is 0 Å². The van der Waals surface area contributed by atoms with Gasteiger partial charge in [-0.15, -0.1) is 0 Å². The van der Waals surface area contributed by atoms with Crippen molar-refractivity contribution < 1.29 is 4.79 Å². The van der Waals surface area contributed by atoms with Crippen LogP contribution in [0.4, 0.5) is 0 Å². The van der Waals surface area contributed by atoms with Crippen molar-refractivity contribution in [3.05, 3.63) is 0 Å². The standard InChI is InChI=1S/C16H36N4O/c1-8-20(14(4)12-19(6)7)11-9-10-16(5,15(17)21)18-13(2)3/h13-14,18H,8-12H2,1-7H3,(H2,17,21). The highest BCUT2D eigenvalue weighted by atomic mass is 16.1. The molecule has 0 aromatic carbocycles. The molecule has 126 valence electrons. The van der Waals surface area contributed by atoms with Crippen LogP contribution in [0.1, 0.15) is 47.5 Å². The molecule has 0 aliphatic carbocycles. The van der Waals surface area contributed by atoms with Crippen molar-refractivity contribution in [1.82, 2.24) is 15.1 Å². The summed E-state index contributed by atoms with van der Waals surface area (Å²) in [4.78, 5) is 16.4. The first-order chi connectivity index (χ1) is 9.62. The van der Waals surface area contributed by atoms with E-state index >= 15 is 0 Å². The fraction of sp³-hybridized carbons (Fsp3) is 0.938. The highest BCUT2D eigenvalue weighted by Gasteiger charge is 2.31. The Balaban J connectivity index is 4.44. The summed E-state index contributed by atoms with van der Waals surface area (Å²) in [5.41, 5.74) is 4.96. The minimum atomic E-state index is -0.613. The number of nitrogens with zero attached hydrogens (tertiary/aromatic N) is 2. The number of nitrogens with two attached hydrogens (primary N) is 1. The second kappa shape index (κ2) is 9.38. The second-order valence-electron chi connectivity index (χ2n) is 6.84. The van der Waals surface area contributed by atoms with E-state index in [1.165, 1.54) is 0 Å². The predicted octanol–water partition coefficient (Wildman–Crippen LogP) is 1.28. The van der Waals surface area contributed by atoms with Gasteiger partial charge in [-0.1, -0.05) is 6.92 Å². The molecule has 0 bridgehead atoms. The maximum atomic E-state index is 11.7. The quantitative estimate of drug-likeness (QED) is 0.603. The SMILES string of the molecule is CCN(CCCC(C)(NC(C)C)C(N)=O)C(C)CN(C)C. The third-order valence-electron chi connectivity index (χ3n) is 3.93. The molecule has 5 heteroatoms. The molecule has 0 saturated carbocycles. The minimum absolute atomic E-state index is 0.248. The summed E-state index contributed by atoms with van der Waals surface area (Å²) in [5.74, 6) is -0.263. The summed E-state index contributed by atoms with van der Waals surface area (Å²) in [6.07, 6.45) is 1.73. The molecule has 1 amide bonds. The number of hydrogen-bond acceptors (Lipinski definition) is 4. The van der Waals surface area contributed by atoms with Gasteiger partial charge in [0.05, 0.1) is 5.54 Å². The molecule has 0 aromatic heterocycles. The molecule has 2 atom stereocenters. The van der Waals surface area contributed by atoms with Gasteiger partial charge in [-0.2, -0.15) is 0 Å². The van der Waals surface area contributed by atoms with E-state index in [2.05, 4.69) is 43.1 Å².